The first-order valence-corrected chi connectivity index (χ1v) is 15.6. The number of carbonyl (C=O) groups is 2. The van der Waals surface area contributed by atoms with Crippen LogP contribution in [0.1, 0.15) is 30.9 Å². The van der Waals surface area contributed by atoms with Gasteiger partial charge in [-0.1, -0.05) is 6.58 Å². The number of nitrogens with zero attached hydrogens (tertiary/aromatic N) is 6. The number of amides is 2. The number of likely N-dealkylation sites (N-methyl/N-ethyl adjacent to an activating group) is 1. The SMILES string of the molecule is C=CC(=O)Nc1cc(Nc2cc(N3OCCC3c3cc(F)cc(F)c3)ncn2)c(OC)cc1N1CCC(N2CCN(C)CC2=O)CC1. The number of hydrogen-bond acceptors (Lipinski definition) is 10. The first-order chi connectivity index (χ1) is 22.7. The predicted octanol–water partition coefficient (Wildman–Crippen LogP) is 4.26. The average Bonchev–Trinajstić information content (AvgIpc) is 3.55. The number of hydroxylamine groups is 1. The highest BCUT2D eigenvalue weighted by atomic mass is 19.1. The molecule has 3 aliphatic rings. The number of carbonyl (C=O) groups excluding carboxylic acids is 2. The van der Waals surface area contributed by atoms with E-state index in [0.717, 1.165) is 37.7 Å². The van der Waals surface area contributed by atoms with Gasteiger partial charge in [0.15, 0.2) is 5.82 Å². The Morgan fingerprint density at radius 1 is 1.02 bits per heavy atom. The summed E-state index contributed by atoms with van der Waals surface area (Å²) < 4.78 is 33.8. The molecule has 3 saturated heterocycles. The van der Waals surface area contributed by atoms with Crippen LogP contribution in [0.25, 0.3) is 0 Å². The second-order valence-corrected chi connectivity index (χ2v) is 11.9. The summed E-state index contributed by atoms with van der Waals surface area (Å²) in [7, 11) is 3.52. The molecule has 3 aliphatic heterocycles. The van der Waals surface area contributed by atoms with E-state index in [1.165, 1.54) is 29.6 Å². The molecule has 0 aliphatic carbocycles. The Morgan fingerprint density at radius 3 is 2.49 bits per heavy atom. The Balaban J connectivity index is 1.23. The molecule has 1 aromatic heterocycles. The molecule has 1 atom stereocenters. The zero-order valence-electron chi connectivity index (χ0n) is 26.4. The zero-order chi connectivity index (χ0) is 33.1. The van der Waals surface area contributed by atoms with Gasteiger partial charge < -0.3 is 25.2 Å². The smallest absolute Gasteiger partial charge is 0.247 e. The molecule has 6 rings (SSSR count). The monoisotopic (exact) mass is 648 g/mol. The number of hydrogen-bond donors (Lipinski definition) is 2. The fourth-order valence-electron chi connectivity index (χ4n) is 6.43. The van der Waals surface area contributed by atoms with Crippen LogP contribution in [0.4, 0.5) is 37.5 Å². The van der Waals surface area contributed by atoms with E-state index in [-0.39, 0.29) is 17.9 Å². The van der Waals surface area contributed by atoms with Crippen molar-refractivity contribution in [3.63, 3.8) is 0 Å². The lowest BCUT2D eigenvalue weighted by atomic mass is 10.0. The third kappa shape index (κ3) is 7.13. The van der Waals surface area contributed by atoms with Crippen molar-refractivity contribution >= 4 is 40.5 Å². The van der Waals surface area contributed by atoms with E-state index >= 15 is 0 Å². The standard InChI is InChI=1S/C33H38F2N8O4/c1-4-32(44)39-25-16-26(29(46-3)17-28(25)41-8-5-24(6-9-41)42-11-10-40(2)19-33(42)45)38-30-18-31(37-20-36-30)43-27(7-12-47-43)21-13-22(34)15-23(35)14-21/h4,13-18,20,24,27H,1,5-12,19H2,2-3H3,(H,39,44)(H,36,37,38). The van der Waals surface area contributed by atoms with E-state index in [4.69, 9.17) is 9.57 Å². The molecule has 0 radical (unpaired) electrons. The second-order valence-electron chi connectivity index (χ2n) is 11.9. The highest BCUT2D eigenvalue weighted by Gasteiger charge is 2.33. The Labute approximate surface area is 271 Å². The maximum absolute atomic E-state index is 14.0. The summed E-state index contributed by atoms with van der Waals surface area (Å²) in [6, 6.07) is 8.43. The van der Waals surface area contributed by atoms with Gasteiger partial charge in [0.2, 0.25) is 11.8 Å². The van der Waals surface area contributed by atoms with Crippen LogP contribution in [-0.2, 0) is 14.4 Å². The maximum atomic E-state index is 14.0. The number of rotatable bonds is 9. The fourth-order valence-corrected chi connectivity index (χ4v) is 6.43. The third-order valence-corrected chi connectivity index (χ3v) is 8.77. The molecule has 4 heterocycles. The Bertz CT molecular complexity index is 1630. The topological polar surface area (TPSA) is 115 Å². The molecule has 0 saturated carbocycles. The highest BCUT2D eigenvalue weighted by Crippen LogP contribution is 2.41. The maximum Gasteiger partial charge on any atom is 0.247 e. The van der Waals surface area contributed by atoms with Crippen LogP contribution in [0, 0.1) is 11.6 Å². The lowest BCUT2D eigenvalue weighted by molar-refractivity contribution is -0.138. The Morgan fingerprint density at radius 2 is 1.79 bits per heavy atom. The van der Waals surface area contributed by atoms with Crippen molar-refractivity contribution in [3.05, 3.63) is 72.6 Å². The van der Waals surface area contributed by atoms with Crippen LogP contribution in [0.5, 0.6) is 5.75 Å². The number of methoxy groups -OCH3 is 1. The molecule has 248 valence electrons. The normalized spacial score (nSPS) is 19.2. The van der Waals surface area contributed by atoms with Gasteiger partial charge in [-0.2, -0.15) is 0 Å². The highest BCUT2D eigenvalue weighted by molar-refractivity contribution is 6.02. The summed E-state index contributed by atoms with van der Waals surface area (Å²) >= 11 is 0. The van der Waals surface area contributed by atoms with Gasteiger partial charge in [0.05, 0.1) is 43.4 Å². The summed E-state index contributed by atoms with van der Waals surface area (Å²) in [5, 5.41) is 7.71. The number of benzene rings is 2. The van der Waals surface area contributed by atoms with E-state index in [2.05, 4.69) is 32.1 Å². The van der Waals surface area contributed by atoms with Gasteiger partial charge in [0, 0.05) is 56.8 Å². The first kappa shape index (κ1) is 32.1. The van der Waals surface area contributed by atoms with Crippen molar-refractivity contribution < 1.29 is 27.9 Å². The number of piperazine rings is 1. The summed E-state index contributed by atoms with van der Waals surface area (Å²) in [5.74, 6) is -0.223. The molecule has 47 heavy (non-hydrogen) atoms. The predicted molar refractivity (Wildman–Crippen MR) is 174 cm³/mol. The third-order valence-electron chi connectivity index (χ3n) is 8.77. The van der Waals surface area contributed by atoms with Crippen LogP contribution < -0.4 is 25.3 Å². The second kappa shape index (κ2) is 13.9. The minimum atomic E-state index is -0.665. The number of nitrogens with one attached hydrogen (secondary N) is 2. The van der Waals surface area contributed by atoms with Crippen LogP contribution in [-0.4, -0.2) is 91.1 Å². The molecule has 0 spiro atoms. The molecular formula is C33H38F2N8O4. The van der Waals surface area contributed by atoms with E-state index < -0.39 is 17.7 Å². The molecule has 0 bridgehead atoms. The summed E-state index contributed by atoms with van der Waals surface area (Å²) in [5.41, 5.74) is 2.30. The molecule has 2 amide bonds. The van der Waals surface area contributed by atoms with Gasteiger partial charge in [-0.3, -0.25) is 19.3 Å². The summed E-state index contributed by atoms with van der Waals surface area (Å²) in [4.78, 5) is 45.9. The van der Waals surface area contributed by atoms with E-state index in [1.54, 1.807) is 19.2 Å². The molecule has 14 heteroatoms. The van der Waals surface area contributed by atoms with Crippen molar-refractivity contribution in [2.45, 2.75) is 31.3 Å². The van der Waals surface area contributed by atoms with Gasteiger partial charge >= 0.3 is 0 Å². The zero-order valence-corrected chi connectivity index (χ0v) is 26.4. The summed E-state index contributed by atoms with van der Waals surface area (Å²) in [6.07, 6.45) is 4.69. The molecule has 3 aromatic rings. The average molecular weight is 649 g/mol. The molecule has 2 aromatic carbocycles. The molecule has 1 unspecified atom stereocenters. The van der Waals surface area contributed by atoms with Gasteiger partial charge in [0.1, 0.15) is 29.5 Å². The van der Waals surface area contributed by atoms with E-state index in [1.807, 2.05) is 22.9 Å². The number of anilines is 5. The lowest BCUT2D eigenvalue weighted by Gasteiger charge is -2.42. The minimum absolute atomic E-state index is 0.163. The number of ether oxygens (including phenoxy) is 1. The number of halogens is 2. The van der Waals surface area contributed by atoms with E-state index in [9.17, 15) is 18.4 Å². The van der Waals surface area contributed by atoms with Gasteiger partial charge in [0.25, 0.3) is 0 Å². The number of piperidine rings is 1. The van der Waals surface area contributed by atoms with Crippen LogP contribution in [0.2, 0.25) is 0 Å². The van der Waals surface area contributed by atoms with Crippen LogP contribution >= 0.6 is 0 Å². The van der Waals surface area contributed by atoms with Crippen molar-refractivity contribution in [3.8, 4) is 5.75 Å². The number of aromatic nitrogens is 2. The quantitative estimate of drug-likeness (QED) is 0.327. The van der Waals surface area contributed by atoms with Gasteiger partial charge in [-0.25, -0.2) is 23.8 Å². The summed E-state index contributed by atoms with van der Waals surface area (Å²) in [6.45, 7) is 7.37. The molecule has 3 fully saturated rings. The van der Waals surface area contributed by atoms with Crippen LogP contribution in [0.3, 0.4) is 0 Å². The minimum Gasteiger partial charge on any atom is -0.494 e. The fraction of sp³-hybridized carbons (Fsp3) is 0.394. The van der Waals surface area contributed by atoms with Crippen LogP contribution in [0.15, 0.2) is 55.4 Å². The van der Waals surface area contributed by atoms with Crippen molar-refractivity contribution in [1.29, 1.82) is 0 Å². The Kier molecular flexibility index (Phi) is 9.50. The first-order valence-electron chi connectivity index (χ1n) is 15.6. The van der Waals surface area contributed by atoms with Crippen molar-refractivity contribution in [1.82, 2.24) is 19.8 Å². The van der Waals surface area contributed by atoms with Crippen molar-refractivity contribution in [2.24, 2.45) is 0 Å². The molecule has 12 nitrogen and oxygen atoms in total. The largest absolute Gasteiger partial charge is 0.494 e. The van der Waals surface area contributed by atoms with E-state index in [0.29, 0.717) is 67.0 Å². The lowest BCUT2D eigenvalue weighted by Crippen LogP contribution is -2.55. The van der Waals surface area contributed by atoms with Gasteiger partial charge in [-0.15, -0.1) is 0 Å². The van der Waals surface area contributed by atoms with Crippen molar-refractivity contribution in [2.75, 3.05) is 74.1 Å². The van der Waals surface area contributed by atoms with Gasteiger partial charge in [-0.05, 0) is 49.7 Å². The molecule has 2 N–H and O–H groups in total. The Hall–Kier alpha value is -4.82. The molecular weight excluding hydrogens is 610 g/mol.